The van der Waals surface area contributed by atoms with E-state index in [9.17, 15) is 0 Å². The van der Waals surface area contributed by atoms with Gasteiger partial charge in [0.25, 0.3) is 0 Å². The maximum absolute atomic E-state index is 4.12. The lowest BCUT2D eigenvalue weighted by Crippen LogP contribution is -2.45. The van der Waals surface area contributed by atoms with Crippen molar-refractivity contribution in [2.45, 2.75) is 55.4 Å². The molecule has 1 saturated heterocycles. The maximum Gasteiger partial charge on any atom is 0.0298 e. The molecule has 1 aliphatic rings. The van der Waals surface area contributed by atoms with Gasteiger partial charge in [-0.1, -0.05) is 20.8 Å². The van der Waals surface area contributed by atoms with E-state index in [4.69, 9.17) is 0 Å². The first kappa shape index (κ1) is 16.2. The molecule has 1 aromatic heterocycles. The quantitative estimate of drug-likeness (QED) is 0.867. The van der Waals surface area contributed by atoms with Gasteiger partial charge in [-0.15, -0.1) is 0 Å². The molecule has 1 N–H and O–H groups in total. The monoisotopic (exact) mass is 310 g/mol. The predicted molar refractivity (Wildman–Crippen MR) is 92.8 cm³/mol. The molecule has 0 spiro atoms. The molecule has 112 valence electrons. The van der Waals surface area contributed by atoms with E-state index in [0.717, 1.165) is 23.5 Å². The van der Waals surface area contributed by atoms with Gasteiger partial charge in [-0.25, -0.2) is 0 Å². The molecule has 0 bridgehead atoms. The largest absolute Gasteiger partial charge is 0.313 e. The Balaban J connectivity index is 1.99. The zero-order chi connectivity index (χ0) is 14.4. The van der Waals surface area contributed by atoms with Gasteiger partial charge in [0.05, 0.1) is 0 Å². The lowest BCUT2D eigenvalue weighted by Gasteiger charge is -2.36. The molecular weight excluding hydrogens is 284 g/mol. The molecule has 4 atom stereocenters. The van der Waals surface area contributed by atoms with E-state index in [2.05, 4.69) is 66.7 Å². The fourth-order valence-electron chi connectivity index (χ4n) is 2.46. The fourth-order valence-corrected chi connectivity index (χ4v) is 5.59. The summed E-state index contributed by atoms with van der Waals surface area (Å²) in [4.78, 5) is 4.12. The van der Waals surface area contributed by atoms with Crippen LogP contribution in [0.3, 0.4) is 0 Å². The Morgan fingerprint density at radius 3 is 2.70 bits per heavy atom. The van der Waals surface area contributed by atoms with Crippen LogP contribution in [-0.2, 0) is 6.42 Å². The first-order valence-corrected chi connectivity index (χ1v) is 9.59. The molecule has 1 fully saturated rings. The molecule has 0 amide bonds. The van der Waals surface area contributed by atoms with Gasteiger partial charge in [0, 0.05) is 39.9 Å². The summed E-state index contributed by atoms with van der Waals surface area (Å²) in [5.41, 5.74) is 1.39. The second-order valence-electron chi connectivity index (χ2n) is 5.54. The van der Waals surface area contributed by atoms with Crippen LogP contribution in [0.4, 0.5) is 0 Å². The Morgan fingerprint density at radius 1 is 1.30 bits per heavy atom. The topological polar surface area (TPSA) is 24.9 Å². The highest BCUT2D eigenvalue weighted by atomic mass is 32.2. The number of aromatic nitrogens is 1. The number of hydrogen-bond acceptors (Lipinski definition) is 4. The Hall–Kier alpha value is -0.190. The number of nitrogens with one attached hydrogen (secondary N) is 1. The van der Waals surface area contributed by atoms with Crippen LogP contribution < -0.4 is 5.32 Å². The molecular formula is C16H26N2S2. The molecule has 1 aliphatic heterocycles. The summed E-state index contributed by atoms with van der Waals surface area (Å²) in [6, 6.07) is 4.87. The van der Waals surface area contributed by atoms with E-state index < -0.39 is 0 Å². The maximum atomic E-state index is 4.12. The van der Waals surface area contributed by atoms with Crippen LogP contribution in [0.15, 0.2) is 24.5 Å². The third-order valence-electron chi connectivity index (χ3n) is 3.88. The molecule has 1 aromatic rings. The van der Waals surface area contributed by atoms with Crippen LogP contribution in [0.1, 0.15) is 32.8 Å². The first-order chi connectivity index (χ1) is 9.70. The van der Waals surface area contributed by atoms with Crippen LogP contribution in [-0.4, -0.2) is 39.1 Å². The molecule has 2 heterocycles. The van der Waals surface area contributed by atoms with Crippen LogP contribution in [0.2, 0.25) is 0 Å². The molecule has 0 radical (unpaired) electrons. The van der Waals surface area contributed by atoms with Gasteiger partial charge < -0.3 is 5.32 Å². The third kappa shape index (κ3) is 4.68. The van der Waals surface area contributed by atoms with E-state index in [1.807, 2.05) is 12.4 Å². The summed E-state index contributed by atoms with van der Waals surface area (Å²) in [6.07, 6.45) is 6.12. The van der Waals surface area contributed by atoms with E-state index >= 15 is 0 Å². The molecule has 0 aliphatic carbocycles. The Bertz CT molecular complexity index is 385. The van der Waals surface area contributed by atoms with Crippen molar-refractivity contribution in [2.75, 3.05) is 12.3 Å². The van der Waals surface area contributed by atoms with E-state index in [1.54, 1.807) is 0 Å². The highest BCUT2D eigenvalue weighted by Crippen LogP contribution is 2.37. The second-order valence-corrected chi connectivity index (χ2v) is 8.57. The summed E-state index contributed by atoms with van der Waals surface area (Å²) >= 11 is 4.31. The number of rotatable bonds is 6. The SMILES string of the molecule is CCCNC(Cc1ccncc1)C1CSC(C)C(C)S1. The van der Waals surface area contributed by atoms with Crippen LogP contribution >= 0.6 is 23.5 Å². The van der Waals surface area contributed by atoms with Gasteiger partial charge in [-0.3, -0.25) is 4.98 Å². The molecule has 20 heavy (non-hydrogen) atoms. The van der Waals surface area contributed by atoms with Crippen molar-refractivity contribution in [1.29, 1.82) is 0 Å². The summed E-state index contributed by atoms with van der Waals surface area (Å²) in [5.74, 6) is 1.27. The highest BCUT2D eigenvalue weighted by molar-refractivity contribution is 8.07. The first-order valence-electron chi connectivity index (χ1n) is 7.60. The van der Waals surface area contributed by atoms with Crippen molar-refractivity contribution < 1.29 is 0 Å². The van der Waals surface area contributed by atoms with Crippen LogP contribution in [0.5, 0.6) is 0 Å². The van der Waals surface area contributed by atoms with Gasteiger partial charge >= 0.3 is 0 Å². The van der Waals surface area contributed by atoms with Crippen molar-refractivity contribution in [1.82, 2.24) is 10.3 Å². The minimum atomic E-state index is 0.574. The molecule has 0 saturated carbocycles. The van der Waals surface area contributed by atoms with Crippen molar-refractivity contribution >= 4 is 23.5 Å². The second kappa shape index (κ2) is 8.30. The number of hydrogen-bond donors (Lipinski definition) is 1. The molecule has 2 rings (SSSR count). The van der Waals surface area contributed by atoms with Crippen molar-refractivity contribution in [3.8, 4) is 0 Å². The van der Waals surface area contributed by atoms with Gasteiger partial charge in [-0.2, -0.15) is 23.5 Å². The predicted octanol–water partition coefficient (Wildman–Crippen LogP) is 3.62. The molecule has 0 aromatic carbocycles. The van der Waals surface area contributed by atoms with Crippen molar-refractivity contribution in [3.05, 3.63) is 30.1 Å². The smallest absolute Gasteiger partial charge is 0.0298 e. The minimum Gasteiger partial charge on any atom is -0.313 e. The van der Waals surface area contributed by atoms with Gasteiger partial charge in [0.15, 0.2) is 0 Å². The minimum absolute atomic E-state index is 0.574. The zero-order valence-electron chi connectivity index (χ0n) is 12.7. The molecule has 2 nitrogen and oxygen atoms in total. The molecule has 4 unspecified atom stereocenters. The Morgan fingerprint density at radius 2 is 2.05 bits per heavy atom. The number of pyridine rings is 1. The zero-order valence-corrected chi connectivity index (χ0v) is 14.3. The highest BCUT2D eigenvalue weighted by Gasteiger charge is 2.30. The lowest BCUT2D eigenvalue weighted by atomic mass is 10.0. The van der Waals surface area contributed by atoms with E-state index in [-0.39, 0.29) is 0 Å². The van der Waals surface area contributed by atoms with E-state index in [0.29, 0.717) is 11.3 Å². The van der Waals surface area contributed by atoms with Gasteiger partial charge in [0.2, 0.25) is 0 Å². The van der Waals surface area contributed by atoms with Crippen molar-refractivity contribution in [3.63, 3.8) is 0 Å². The Kier molecular flexibility index (Phi) is 6.72. The standard InChI is InChI=1S/C16H26N2S2/c1-4-7-18-15(10-14-5-8-17-9-6-14)16-11-19-12(2)13(3)20-16/h5-6,8-9,12-13,15-16,18H,4,7,10-11H2,1-3H3. The number of thioether (sulfide) groups is 2. The third-order valence-corrected chi connectivity index (χ3v) is 7.44. The average Bonchev–Trinajstić information content (AvgIpc) is 2.47. The fraction of sp³-hybridized carbons (Fsp3) is 0.688. The van der Waals surface area contributed by atoms with E-state index in [1.165, 1.54) is 17.7 Å². The summed E-state index contributed by atoms with van der Waals surface area (Å²) in [5, 5.41) is 6.02. The van der Waals surface area contributed by atoms with Gasteiger partial charge in [0.1, 0.15) is 0 Å². The summed E-state index contributed by atoms with van der Waals surface area (Å²) in [6.45, 7) is 8.08. The van der Waals surface area contributed by atoms with Crippen LogP contribution in [0.25, 0.3) is 0 Å². The number of nitrogens with zero attached hydrogens (tertiary/aromatic N) is 1. The molecule has 4 heteroatoms. The normalized spacial score (nSPS) is 28.2. The van der Waals surface area contributed by atoms with Crippen LogP contribution in [0, 0.1) is 0 Å². The Labute approximate surface area is 131 Å². The lowest BCUT2D eigenvalue weighted by molar-refractivity contribution is 0.503. The van der Waals surface area contributed by atoms with Crippen molar-refractivity contribution in [2.24, 2.45) is 0 Å². The summed E-state index contributed by atoms with van der Waals surface area (Å²) in [7, 11) is 0. The van der Waals surface area contributed by atoms with Gasteiger partial charge in [-0.05, 0) is 37.1 Å². The average molecular weight is 311 g/mol. The summed E-state index contributed by atoms with van der Waals surface area (Å²) < 4.78 is 0.